The molecule has 1 saturated heterocycles. The Hall–Kier alpha value is -2.11. The van der Waals surface area contributed by atoms with Crippen LogP contribution in [0.25, 0.3) is 0 Å². The molecule has 0 bridgehead atoms. The van der Waals surface area contributed by atoms with Crippen LogP contribution in [0.5, 0.6) is 0 Å². The van der Waals surface area contributed by atoms with Gasteiger partial charge in [-0.25, -0.2) is 9.78 Å². The van der Waals surface area contributed by atoms with E-state index in [1.165, 1.54) is 0 Å². The highest BCUT2D eigenvalue weighted by Gasteiger charge is 2.27. The maximum Gasteiger partial charge on any atom is 0.410 e. The van der Waals surface area contributed by atoms with Crippen LogP contribution in [-0.2, 0) is 9.53 Å². The van der Waals surface area contributed by atoms with Crippen LogP contribution >= 0.6 is 0 Å². The molecule has 1 N–H and O–H groups in total. The molecule has 0 aliphatic carbocycles. The van der Waals surface area contributed by atoms with Crippen molar-refractivity contribution in [1.82, 2.24) is 9.88 Å². The second kappa shape index (κ2) is 7.44. The molecule has 0 atom stereocenters. The van der Waals surface area contributed by atoms with Gasteiger partial charge in [-0.05, 0) is 51.7 Å². The second-order valence-corrected chi connectivity index (χ2v) is 6.88. The van der Waals surface area contributed by atoms with Gasteiger partial charge in [-0.15, -0.1) is 0 Å². The van der Waals surface area contributed by atoms with Crippen molar-refractivity contribution in [2.45, 2.75) is 45.6 Å². The molecule has 1 aromatic rings. The summed E-state index contributed by atoms with van der Waals surface area (Å²) in [7, 11) is 0. The normalized spacial score (nSPS) is 16.0. The zero-order valence-corrected chi connectivity index (χ0v) is 14.0. The molecule has 2 rings (SSSR count). The molecule has 1 aliphatic heterocycles. The molecule has 0 unspecified atom stereocenters. The molecule has 0 spiro atoms. The Morgan fingerprint density at radius 2 is 2.00 bits per heavy atom. The zero-order valence-electron chi connectivity index (χ0n) is 14.0. The minimum Gasteiger partial charge on any atom is -0.444 e. The van der Waals surface area contributed by atoms with Crippen LogP contribution in [0, 0.1) is 5.92 Å². The molecular formula is C17H25N3O3. The summed E-state index contributed by atoms with van der Waals surface area (Å²) in [6.07, 6.45) is 3.46. The van der Waals surface area contributed by atoms with Crippen molar-refractivity contribution < 1.29 is 14.3 Å². The Balaban J connectivity index is 1.74. The minimum absolute atomic E-state index is 0.0283. The molecular weight excluding hydrogens is 294 g/mol. The van der Waals surface area contributed by atoms with Gasteiger partial charge in [0, 0.05) is 25.7 Å². The summed E-state index contributed by atoms with van der Waals surface area (Å²) in [5.41, 5.74) is -0.476. The SMILES string of the molecule is CC(C)(C)OC(=O)N1CCC(CC(=O)Nc2ccccn2)CC1. The smallest absolute Gasteiger partial charge is 0.410 e. The predicted octanol–water partition coefficient (Wildman–Crippen LogP) is 3.06. The molecule has 0 saturated carbocycles. The van der Waals surface area contributed by atoms with E-state index >= 15 is 0 Å². The molecule has 126 valence electrons. The molecule has 1 fully saturated rings. The first-order chi connectivity index (χ1) is 10.8. The number of ether oxygens (including phenoxy) is 1. The first kappa shape index (κ1) is 17.2. The number of rotatable bonds is 3. The van der Waals surface area contributed by atoms with E-state index in [0.717, 1.165) is 12.8 Å². The van der Waals surface area contributed by atoms with Gasteiger partial charge < -0.3 is 15.0 Å². The van der Waals surface area contributed by atoms with Crippen molar-refractivity contribution in [1.29, 1.82) is 0 Å². The molecule has 0 radical (unpaired) electrons. The number of carbonyl (C=O) groups is 2. The van der Waals surface area contributed by atoms with Crippen LogP contribution in [0.4, 0.5) is 10.6 Å². The predicted molar refractivity (Wildman–Crippen MR) is 88.0 cm³/mol. The number of piperidine rings is 1. The molecule has 0 aromatic carbocycles. The maximum atomic E-state index is 12.0. The summed E-state index contributed by atoms with van der Waals surface area (Å²) in [5, 5.41) is 2.80. The first-order valence-electron chi connectivity index (χ1n) is 8.02. The van der Waals surface area contributed by atoms with E-state index in [2.05, 4.69) is 10.3 Å². The van der Waals surface area contributed by atoms with Gasteiger partial charge in [-0.3, -0.25) is 4.79 Å². The standard InChI is InChI=1S/C17H25N3O3/c1-17(2,3)23-16(22)20-10-7-13(8-11-20)12-15(21)19-14-6-4-5-9-18-14/h4-6,9,13H,7-8,10-12H2,1-3H3,(H,18,19,21). The Morgan fingerprint density at radius 3 is 2.57 bits per heavy atom. The number of pyridine rings is 1. The van der Waals surface area contributed by atoms with Crippen molar-refractivity contribution >= 4 is 17.8 Å². The monoisotopic (exact) mass is 319 g/mol. The number of aromatic nitrogens is 1. The average Bonchev–Trinajstić information content (AvgIpc) is 2.47. The number of nitrogens with one attached hydrogen (secondary N) is 1. The Morgan fingerprint density at radius 1 is 1.30 bits per heavy atom. The van der Waals surface area contributed by atoms with E-state index in [9.17, 15) is 9.59 Å². The minimum atomic E-state index is -0.476. The summed E-state index contributed by atoms with van der Waals surface area (Å²) in [6, 6.07) is 5.41. The summed E-state index contributed by atoms with van der Waals surface area (Å²) < 4.78 is 5.37. The Labute approximate surface area is 137 Å². The molecule has 6 nitrogen and oxygen atoms in total. The number of hydrogen-bond donors (Lipinski definition) is 1. The summed E-state index contributed by atoms with van der Waals surface area (Å²) in [6.45, 7) is 6.85. The number of carbonyl (C=O) groups excluding carboxylic acids is 2. The second-order valence-electron chi connectivity index (χ2n) is 6.88. The lowest BCUT2D eigenvalue weighted by Gasteiger charge is -2.33. The largest absolute Gasteiger partial charge is 0.444 e. The third-order valence-electron chi connectivity index (χ3n) is 3.67. The summed E-state index contributed by atoms with van der Waals surface area (Å²) in [5.74, 6) is 0.834. The lowest BCUT2D eigenvalue weighted by Crippen LogP contribution is -2.42. The fourth-order valence-electron chi connectivity index (χ4n) is 2.54. The van der Waals surface area contributed by atoms with E-state index < -0.39 is 5.60 Å². The van der Waals surface area contributed by atoms with Crippen molar-refractivity contribution in [3.05, 3.63) is 24.4 Å². The topological polar surface area (TPSA) is 71.5 Å². The number of hydrogen-bond acceptors (Lipinski definition) is 4. The number of nitrogens with zero attached hydrogens (tertiary/aromatic N) is 2. The highest BCUT2D eigenvalue weighted by molar-refractivity contribution is 5.89. The van der Waals surface area contributed by atoms with Gasteiger partial charge in [0.25, 0.3) is 0 Å². The van der Waals surface area contributed by atoms with E-state index in [1.807, 2.05) is 32.9 Å². The molecule has 23 heavy (non-hydrogen) atoms. The molecule has 2 heterocycles. The molecule has 6 heteroatoms. The fraction of sp³-hybridized carbons (Fsp3) is 0.588. The van der Waals surface area contributed by atoms with Crippen LogP contribution < -0.4 is 5.32 Å². The number of amides is 2. The van der Waals surface area contributed by atoms with Crippen LogP contribution in [0.15, 0.2) is 24.4 Å². The van der Waals surface area contributed by atoms with Crippen molar-refractivity contribution in [2.75, 3.05) is 18.4 Å². The van der Waals surface area contributed by atoms with Crippen molar-refractivity contribution in [3.63, 3.8) is 0 Å². The zero-order chi connectivity index (χ0) is 16.9. The lowest BCUT2D eigenvalue weighted by atomic mass is 9.93. The maximum absolute atomic E-state index is 12.0. The summed E-state index contributed by atoms with van der Waals surface area (Å²) in [4.78, 5) is 29.8. The summed E-state index contributed by atoms with van der Waals surface area (Å²) >= 11 is 0. The number of anilines is 1. The van der Waals surface area contributed by atoms with E-state index in [1.54, 1.807) is 17.2 Å². The Kier molecular flexibility index (Phi) is 5.58. The highest BCUT2D eigenvalue weighted by atomic mass is 16.6. The van der Waals surface area contributed by atoms with Gasteiger partial charge >= 0.3 is 6.09 Å². The van der Waals surface area contributed by atoms with Crippen LogP contribution in [-0.4, -0.2) is 40.6 Å². The van der Waals surface area contributed by atoms with Gasteiger partial charge in [-0.2, -0.15) is 0 Å². The third kappa shape index (κ3) is 5.88. The van der Waals surface area contributed by atoms with E-state index in [0.29, 0.717) is 25.3 Å². The van der Waals surface area contributed by atoms with Crippen molar-refractivity contribution in [2.24, 2.45) is 5.92 Å². The number of likely N-dealkylation sites (tertiary alicyclic amines) is 1. The van der Waals surface area contributed by atoms with E-state index in [-0.39, 0.29) is 17.9 Å². The Bertz CT molecular complexity index is 532. The average molecular weight is 319 g/mol. The quantitative estimate of drug-likeness (QED) is 0.929. The third-order valence-corrected chi connectivity index (χ3v) is 3.67. The highest BCUT2D eigenvalue weighted by Crippen LogP contribution is 2.22. The van der Waals surface area contributed by atoms with Gasteiger partial charge in [-0.1, -0.05) is 6.07 Å². The molecule has 1 aromatic heterocycles. The van der Waals surface area contributed by atoms with Crippen molar-refractivity contribution in [3.8, 4) is 0 Å². The van der Waals surface area contributed by atoms with Gasteiger partial charge in [0.2, 0.25) is 5.91 Å². The molecule has 1 aliphatic rings. The first-order valence-corrected chi connectivity index (χ1v) is 8.02. The van der Waals surface area contributed by atoms with E-state index in [4.69, 9.17) is 4.74 Å². The van der Waals surface area contributed by atoms with Gasteiger partial charge in [0.05, 0.1) is 0 Å². The van der Waals surface area contributed by atoms with Crippen LogP contribution in [0.3, 0.4) is 0 Å². The van der Waals surface area contributed by atoms with Gasteiger partial charge in [0.15, 0.2) is 0 Å². The molecule has 2 amide bonds. The lowest BCUT2D eigenvalue weighted by molar-refractivity contribution is -0.117. The fourth-order valence-corrected chi connectivity index (χ4v) is 2.54. The van der Waals surface area contributed by atoms with Crippen LogP contribution in [0.1, 0.15) is 40.0 Å². The van der Waals surface area contributed by atoms with Gasteiger partial charge in [0.1, 0.15) is 11.4 Å². The van der Waals surface area contributed by atoms with Crippen LogP contribution in [0.2, 0.25) is 0 Å².